The van der Waals surface area contributed by atoms with Crippen molar-refractivity contribution in [2.75, 3.05) is 17.7 Å². The molecule has 0 aliphatic rings. The van der Waals surface area contributed by atoms with Crippen molar-refractivity contribution >= 4 is 23.2 Å². The number of pyridine rings is 1. The van der Waals surface area contributed by atoms with Gasteiger partial charge >= 0.3 is 5.97 Å². The zero-order valence-electron chi connectivity index (χ0n) is 10.8. The maximum absolute atomic E-state index is 11.1. The average Bonchev–Trinajstić information content (AvgIpc) is 2.38. The Morgan fingerprint density at radius 3 is 2.63 bits per heavy atom. The van der Waals surface area contributed by atoms with Crippen LogP contribution in [-0.4, -0.2) is 23.1 Å². The third-order valence-corrected chi connectivity index (χ3v) is 2.99. The largest absolute Gasteiger partial charge is 0.478 e. The minimum Gasteiger partial charge on any atom is -0.478 e. The minimum atomic E-state index is -1.06. The highest BCUT2D eigenvalue weighted by molar-refractivity contribution is 5.97. The zero-order chi connectivity index (χ0) is 14.0. The molecular formula is C14H15N3O2. The fourth-order valence-electron chi connectivity index (χ4n) is 1.97. The van der Waals surface area contributed by atoms with Crippen molar-refractivity contribution in [3.63, 3.8) is 0 Å². The fourth-order valence-corrected chi connectivity index (χ4v) is 1.97. The summed E-state index contributed by atoms with van der Waals surface area (Å²) < 4.78 is 0. The van der Waals surface area contributed by atoms with Gasteiger partial charge in [-0.25, -0.2) is 9.78 Å². The second-order valence-electron chi connectivity index (χ2n) is 4.25. The van der Waals surface area contributed by atoms with Crippen LogP contribution in [0, 0.1) is 6.92 Å². The third kappa shape index (κ3) is 2.35. The van der Waals surface area contributed by atoms with Crippen LogP contribution >= 0.6 is 0 Å². The summed E-state index contributed by atoms with van der Waals surface area (Å²) in [7, 11) is 1.81. The molecule has 0 atom stereocenters. The van der Waals surface area contributed by atoms with E-state index in [0.29, 0.717) is 5.82 Å². The van der Waals surface area contributed by atoms with E-state index in [9.17, 15) is 4.79 Å². The summed E-state index contributed by atoms with van der Waals surface area (Å²) >= 11 is 0. The lowest BCUT2D eigenvalue weighted by molar-refractivity contribution is 0.0698. The molecule has 1 aromatic carbocycles. The first-order valence-corrected chi connectivity index (χ1v) is 5.79. The van der Waals surface area contributed by atoms with Gasteiger partial charge in [-0.15, -0.1) is 0 Å². The minimum absolute atomic E-state index is 0.0606. The lowest BCUT2D eigenvalue weighted by Gasteiger charge is -2.22. The maximum Gasteiger partial charge on any atom is 0.337 e. The van der Waals surface area contributed by atoms with Crippen molar-refractivity contribution in [2.45, 2.75) is 6.92 Å². The number of aromatic carboxylic acids is 1. The third-order valence-electron chi connectivity index (χ3n) is 2.99. The van der Waals surface area contributed by atoms with Gasteiger partial charge in [-0.05, 0) is 24.6 Å². The van der Waals surface area contributed by atoms with Crippen LogP contribution in [0.4, 0.5) is 17.2 Å². The molecule has 0 aliphatic heterocycles. The molecule has 0 radical (unpaired) electrons. The fraction of sp³-hybridized carbons (Fsp3) is 0.143. The second kappa shape index (κ2) is 4.97. The summed E-state index contributed by atoms with van der Waals surface area (Å²) in [5.41, 5.74) is 8.11. The van der Waals surface area contributed by atoms with Crippen LogP contribution in [-0.2, 0) is 0 Å². The molecule has 1 heterocycles. The molecule has 0 saturated heterocycles. The quantitative estimate of drug-likeness (QED) is 0.882. The number of para-hydroxylation sites is 1. The van der Waals surface area contributed by atoms with Crippen LogP contribution in [0.5, 0.6) is 0 Å². The van der Waals surface area contributed by atoms with E-state index in [2.05, 4.69) is 4.98 Å². The molecule has 19 heavy (non-hydrogen) atoms. The molecule has 1 aromatic heterocycles. The Kier molecular flexibility index (Phi) is 3.37. The van der Waals surface area contributed by atoms with Crippen molar-refractivity contribution in [3.05, 3.63) is 47.7 Å². The van der Waals surface area contributed by atoms with Gasteiger partial charge in [-0.1, -0.05) is 18.2 Å². The number of nitrogen functional groups attached to an aromatic ring is 1. The highest BCUT2D eigenvalue weighted by Gasteiger charge is 2.16. The van der Waals surface area contributed by atoms with Gasteiger partial charge in [0.15, 0.2) is 5.82 Å². The van der Waals surface area contributed by atoms with Crippen LogP contribution in [0.1, 0.15) is 15.9 Å². The van der Waals surface area contributed by atoms with E-state index < -0.39 is 5.97 Å². The monoisotopic (exact) mass is 257 g/mol. The van der Waals surface area contributed by atoms with Gasteiger partial charge in [0.05, 0.1) is 11.3 Å². The van der Waals surface area contributed by atoms with E-state index in [1.165, 1.54) is 12.3 Å². The average molecular weight is 257 g/mol. The molecule has 0 unspecified atom stereocenters. The Labute approximate surface area is 111 Å². The van der Waals surface area contributed by atoms with E-state index in [1.54, 1.807) is 4.90 Å². The van der Waals surface area contributed by atoms with Gasteiger partial charge in [0.25, 0.3) is 0 Å². The molecule has 0 aliphatic carbocycles. The molecule has 0 amide bonds. The molecule has 5 nitrogen and oxygen atoms in total. The molecular weight excluding hydrogens is 242 g/mol. The molecule has 98 valence electrons. The molecule has 2 aromatic rings. The number of aryl methyl sites for hydroxylation is 1. The number of aromatic nitrogens is 1. The number of carbonyl (C=O) groups is 1. The first-order chi connectivity index (χ1) is 9.02. The van der Waals surface area contributed by atoms with E-state index in [1.807, 2.05) is 38.2 Å². The number of carboxylic acid groups (broad SMARTS) is 1. The number of nitrogens with two attached hydrogens (primary N) is 1. The van der Waals surface area contributed by atoms with Crippen LogP contribution in [0.15, 0.2) is 36.5 Å². The Bertz CT molecular complexity index is 626. The first kappa shape index (κ1) is 12.9. The van der Waals surface area contributed by atoms with Crippen molar-refractivity contribution in [3.8, 4) is 0 Å². The maximum atomic E-state index is 11.1. The number of benzene rings is 1. The van der Waals surface area contributed by atoms with Crippen LogP contribution in [0.3, 0.4) is 0 Å². The highest BCUT2D eigenvalue weighted by atomic mass is 16.4. The first-order valence-electron chi connectivity index (χ1n) is 5.79. The Hall–Kier alpha value is -2.56. The van der Waals surface area contributed by atoms with Crippen LogP contribution < -0.4 is 10.6 Å². The van der Waals surface area contributed by atoms with Crippen LogP contribution in [0.25, 0.3) is 0 Å². The Morgan fingerprint density at radius 1 is 1.32 bits per heavy atom. The van der Waals surface area contributed by atoms with Gasteiger partial charge < -0.3 is 15.7 Å². The van der Waals surface area contributed by atoms with Crippen molar-refractivity contribution in [1.82, 2.24) is 4.98 Å². The predicted molar refractivity (Wildman–Crippen MR) is 74.9 cm³/mol. The second-order valence-corrected chi connectivity index (χ2v) is 4.25. The van der Waals surface area contributed by atoms with E-state index in [0.717, 1.165) is 11.3 Å². The summed E-state index contributed by atoms with van der Waals surface area (Å²) in [6, 6.07) is 9.16. The number of anilines is 3. The number of nitrogens with zero attached hydrogens (tertiary/aromatic N) is 2. The predicted octanol–water partition coefficient (Wildman–Crippen LogP) is 2.44. The smallest absolute Gasteiger partial charge is 0.337 e. The molecule has 5 heteroatoms. The highest BCUT2D eigenvalue weighted by Crippen LogP contribution is 2.30. The standard InChI is InChI=1S/C14H15N3O2/c1-9-5-3-4-6-11(9)17(2)13-12(15)10(14(18)19)7-8-16-13/h3-8H,15H2,1-2H3,(H,18,19). The number of carboxylic acids is 1. The summed E-state index contributed by atoms with van der Waals surface area (Å²) in [6.07, 6.45) is 1.45. The van der Waals surface area contributed by atoms with E-state index in [-0.39, 0.29) is 11.3 Å². The molecule has 3 N–H and O–H groups in total. The molecule has 0 bridgehead atoms. The number of rotatable bonds is 3. The van der Waals surface area contributed by atoms with Crippen molar-refractivity contribution in [2.24, 2.45) is 0 Å². The summed E-state index contributed by atoms with van der Waals surface area (Å²) in [5, 5.41) is 9.07. The van der Waals surface area contributed by atoms with Crippen LogP contribution in [0.2, 0.25) is 0 Å². The van der Waals surface area contributed by atoms with E-state index in [4.69, 9.17) is 10.8 Å². The molecule has 0 spiro atoms. The van der Waals surface area contributed by atoms with Gasteiger partial charge in [-0.3, -0.25) is 0 Å². The number of hydrogen-bond acceptors (Lipinski definition) is 4. The normalized spacial score (nSPS) is 10.2. The summed E-state index contributed by atoms with van der Waals surface area (Å²) in [5.74, 6) is -0.617. The molecule has 0 fully saturated rings. The van der Waals surface area contributed by atoms with Gasteiger partial charge in [0.1, 0.15) is 0 Å². The van der Waals surface area contributed by atoms with Gasteiger partial charge in [0, 0.05) is 18.9 Å². The summed E-state index contributed by atoms with van der Waals surface area (Å²) in [6.45, 7) is 1.98. The SMILES string of the molecule is Cc1ccccc1N(C)c1nccc(C(=O)O)c1N. The lowest BCUT2D eigenvalue weighted by atomic mass is 10.1. The Balaban J connectivity index is 2.51. The summed E-state index contributed by atoms with van der Waals surface area (Å²) in [4.78, 5) is 17.0. The van der Waals surface area contributed by atoms with Gasteiger partial charge in [-0.2, -0.15) is 0 Å². The van der Waals surface area contributed by atoms with Crippen molar-refractivity contribution < 1.29 is 9.90 Å². The Morgan fingerprint density at radius 2 is 2.00 bits per heavy atom. The zero-order valence-corrected chi connectivity index (χ0v) is 10.8. The van der Waals surface area contributed by atoms with Gasteiger partial charge in [0.2, 0.25) is 0 Å². The lowest BCUT2D eigenvalue weighted by Crippen LogP contribution is -2.16. The topological polar surface area (TPSA) is 79.5 Å². The van der Waals surface area contributed by atoms with Crippen molar-refractivity contribution in [1.29, 1.82) is 0 Å². The molecule has 2 rings (SSSR count). The molecule has 0 saturated carbocycles. The number of hydrogen-bond donors (Lipinski definition) is 2. The van der Waals surface area contributed by atoms with E-state index >= 15 is 0 Å².